The Labute approximate surface area is 137 Å². The number of carbonyl (C=O) groups excluding carboxylic acids is 1. The quantitative estimate of drug-likeness (QED) is 0.904. The maximum absolute atomic E-state index is 13.2. The van der Waals surface area contributed by atoms with Crippen LogP contribution in [0, 0.1) is 12.8 Å². The van der Waals surface area contributed by atoms with Gasteiger partial charge in [-0.1, -0.05) is 31.2 Å². The highest BCUT2D eigenvalue weighted by molar-refractivity contribution is 5.89. The van der Waals surface area contributed by atoms with E-state index in [1.807, 2.05) is 31.2 Å². The maximum atomic E-state index is 13.2. The van der Waals surface area contributed by atoms with Gasteiger partial charge in [0.25, 0.3) is 0 Å². The summed E-state index contributed by atoms with van der Waals surface area (Å²) in [6.45, 7) is 4.93. The molecule has 1 aliphatic heterocycles. The molecule has 0 radical (unpaired) electrons. The van der Waals surface area contributed by atoms with Gasteiger partial charge in [-0.25, -0.2) is 0 Å². The molecule has 2 rings (SSSR count). The van der Waals surface area contributed by atoms with Crippen LogP contribution in [0.3, 0.4) is 0 Å². The molecule has 0 spiro atoms. The van der Waals surface area contributed by atoms with Gasteiger partial charge in [-0.3, -0.25) is 9.59 Å². The molecule has 1 unspecified atom stereocenters. The first-order valence-corrected chi connectivity index (χ1v) is 8.00. The van der Waals surface area contributed by atoms with Crippen molar-refractivity contribution >= 4 is 11.9 Å². The topological polar surface area (TPSA) is 66.8 Å². The highest BCUT2D eigenvalue weighted by atomic mass is 16.5. The number of hydrogen-bond donors (Lipinski definition) is 1. The van der Waals surface area contributed by atoms with Crippen molar-refractivity contribution in [3.05, 3.63) is 35.4 Å². The van der Waals surface area contributed by atoms with Gasteiger partial charge in [0.2, 0.25) is 5.91 Å². The van der Waals surface area contributed by atoms with Crippen LogP contribution in [-0.4, -0.2) is 48.7 Å². The van der Waals surface area contributed by atoms with Crippen LogP contribution >= 0.6 is 0 Å². The first-order chi connectivity index (χ1) is 10.9. The molecule has 1 saturated heterocycles. The lowest BCUT2D eigenvalue weighted by molar-refractivity contribution is -0.145. The fourth-order valence-electron chi connectivity index (χ4n) is 3.37. The third-order valence-electron chi connectivity index (χ3n) is 4.73. The zero-order valence-electron chi connectivity index (χ0n) is 14.0. The molecule has 5 nitrogen and oxygen atoms in total. The predicted molar refractivity (Wildman–Crippen MR) is 87.3 cm³/mol. The van der Waals surface area contributed by atoms with E-state index in [1.54, 1.807) is 18.9 Å². The summed E-state index contributed by atoms with van der Waals surface area (Å²) in [7, 11) is 1.69. The maximum Gasteiger partial charge on any atom is 0.308 e. The van der Waals surface area contributed by atoms with Crippen molar-refractivity contribution in [1.82, 2.24) is 4.90 Å². The molecule has 0 aromatic heterocycles. The van der Waals surface area contributed by atoms with E-state index in [9.17, 15) is 9.59 Å². The van der Waals surface area contributed by atoms with Crippen molar-refractivity contribution in [2.24, 2.45) is 5.92 Å². The standard InChI is InChI=1S/C18H25NO4/c1-13-6-4-5-7-15(13)18(8-10-23-11-9-18)17(22)19(3)12-14(2)16(20)21/h4-7,14H,8-12H2,1-3H3,(H,20,21). The Morgan fingerprint density at radius 2 is 1.91 bits per heavy atom. The van der Waals surface area contributed by atoms with Gasteiger partial charge in [0.05, 0.1) is 11.3 Å². The molecular weight excluding hydrogens is 294 g/mol. The number of carboxylic acid groups (broad SMARTS) is 1. The number of amides is 1. The number of aryl methyl sites for hydroxylation is 1. The normalized spacial score (nSPS) is 18.2. The minimum absolute atomic E-state index is 0.0109. The second-order valence-corrected chi connectivity index (χ2v) is 6.43. The van der Waals surface area contributed by atoms with E-state index in [1.165, 1.54) is 0 Å². The van der Waals surface area contributed by atoms with E-state index in [2.05, 4.69) is 0 Å². The highest BCUT2D eigenvalue weighted by Gasteiger charge is 2.44. The van der Waals surface area contributed by atoms with Crippen molar-refractivity contribution < 1.29 is 19.4 Å². The summed E-state index contributed by atoms with van der Waals surface area (Å²) in [4.78, 5) is 25.9. The molecular formula is C18H25NO4. The number of carbonyl (C=O) groups is 2. The van der Waals surface area contributed by atoms with E-state index in [4.69, 9.17) is 9.84 Å². The minimum atomic E-state index is -0.887. The number of hydrogen-bond acceptors (Lipinski definition) is 3. The highest BCUT2D eigenvalue weighted by Crippen LogP contribution is 2.38. The number of carboxylic acids is 1. The van der Waals surface area contributed by atoms with Crippen LogP contribution in [0.1, 0.15) is 30.9 Å². The molecule has 5 heteroatoms. The summed E-state index contributed by atoms with van der Waals surface area (Å²) in [5, 5.41) is 9.09. The van der Waals surface area contributed by atoms with E-state index >= 15 is 0 Å². The molecule has 1 aromatic rings. The third-order valence-corrected chi connectivity index (χ3v) is 4.73. The zero-order valence-corrected chi connectivity index (χ0v) is 14.0. The monoisotopic (exact) mass is 319 g/mol. The fourth-order valence-corrected chi connectivity index (χ4v) is 3.37. The first kappa shape index (κ1) is 17.5. The lowest BCUT2D eigenvalue weighted by Crippen LogP contribution is -2.50. The molecule has 23 heavy (non-hydrogen) atoms. The molecule has 1 heterocycles. The van der Waals surface area contributed by atoms with Crippen molar-refractivity contribution in [3.63, 3.8) is 0 Å². The number of likely N-dealkylation sites (N-methyl/N-ethyl adjacent to an activating group) is 1. The van der Waals surface area contributed by atoms with Crippen molar-refractivity contribution in [1.29, 1.82) is 0 Å². The largest absolute Gasteiger partial charge is 0.481 e. The lowest BCUT2D eigenvalue weighted by Gasteiger charge is -2.40. The van der Waals surface area contributed by atoms with Gasteiger partial charge in [0.1, 0.15) is 0 Å². The van der Waals surface area contributed by atoms with Crippen LogP contribution in [-0.2, 0) is 19.7 Å². The zero-order chi connectivity index (χ0) is 17.0. The number of benzene rings is 1. The summed E-state index contributed by atoms with van der Waals surface area (Å²) in [5.41, 5.74) is 1.50. The number of aliphatic carboxylic acids is 1. The van der Waals surface area contributed by atoms with E-state index in [0.717, 1.165) is 11.1 Å². The van der Waals surface area contributed by atoms with Crippen LogP contribution in [0.5, 0.6) is 0 Å². The summed E-state index contributed by atoms with van der Waals surface area (Å²) in [5.74, 6) is -1.48. The number of rotatable bonds is 5. The summed E-state index contributed by atoms with van der Waals surface area (Å²) >= 11 is 0. The average molecular weight is 319 g/mol. The van der Waals surface area contributed by atoms with Gasteiger partial charge in [0, 0.05) is 26.8 Å². The van der Waals surface area contributed by atoms with Gasteiger partial charge in [0.15, 0.2) is 0 Å². The Kier molecular flexibility index (Phi) is 5.42. The first-order valence-electron chi connectivity index (χ1n) is 8.00. The van der Waals surface area contributed by atoms with Crippen LogP contribution in [0.4, 0.5) is 0 Å². The van der Waals surface area contributed by atoms with Crippen molar-refractivity contribution in [3.8, 4) is 0 Å². The fraction of sp³-hybridized carbons (Fsp3) is 0.556. The molecule has 1 N–H and O–H groups in total. The SMILES string of the molecule is Cc1ccccc1C1(C(=O)N(C)CC(C)C(=O)O)CCOCC1. The second-order valence-electron chi connectivity index (χ2n) is 6.43. The summed E-state index contributed by atoms with van der Waals surface area (Å²) < 4.78 is 5.47. The molecule has 0 aliphatic carbocycles. The Balaban J connectivity index is 2.33. The predicted octanol–water partition coefficient (Wildman–Crippen LogP) is 2.22. The van der Waals surface area contributed by atoms with Crippen LogP contribution in [0.2, 0.25) is 0 Å². The number of ether oxygens (including phenoxy) is 1. The molecule has 0 saturated carbocycles. The lowest BCUT2D eigenvalue weighted by atomic mass is 9.71. The smallest absolute Gasteiger partial charge is 0.308 e. The number of nitrogens with zero attached hydrogens (tertiary/aromatic N) is 1. The van der Waals surface area contributed by atoms with Crippen molar-refractivity contribution in [2.75, 3.05) is 26.8 Å². The Morgan fingerprint density at radius 3 is 2.48 bits per heavy atom. The van der Waals surface area contributed by atoms with E-state index in [-0.39, 0.29) is 12.5 Å². The average Bonchev–Trinajstić information content (AvgIpc) is 2.55. The van der Waals surface area contributed by atoms with Crippen LogP contribution in [0.15, 0.2) is 24.3 Å². The van der Waals surface area contributed by atoms with Crippen molar-refractivity contribution in [2.45, 2.75) is 32.1 Å². The van der Waals surface area contributed by atoms with E-state index in [0.29, 0.717) is 26.1 Å². The Hall–Kier alpha value is -1.88. The second kappa shape index (κ2) is 7.13. The van der Waals surface area contributed by atoms with Gasteiger partial charge in [-0.05, 0) is 30.9 Å². The Morgan fingerprint density at radius 1 is 1.30 bits per heavy atom. The van der Waals surface area contributed by atoms with Gasteiger partial charge in [-0.15, -0.1) is 0 Å². The molecule has 1 amide bonds. The van der Waals surface area contributed by atoms with Gasteiger partial charge >= 0.3 is 5.97 Å². The van der Waals surface area contributed by atoms with Gasteiger partial charge in [-0.2, -0.15) is 0 Å². The van der Waals surface area contributed by atoms with Crippen LogP contribution < -0.4 is 0 Å². The van der Waals surface area contributed by atoms with Gasteiger partial charge < -0.3 is 14.7 Å². The molecule has 1 atom stereocenters. The summed E-state index contributed by atoms with van der Waals surface area (Å²) in [6, 6.07) is 7.94. The molecule has 1 aliphatic rings. The molecule has 1 fully saturated rings. The minimum Gasteiger partial charge on any atom is -0.481 e. The summed E-state index contributed by atoms with van der Waals surface area (Å²) in [6.07, 6.45) is 1.25. The van der Waals surface area contributed by atoms with E-state index < -0.39 is 17.3 Å². The van der Waals surface area contributed by atoms with Crippen LogP contribution in [0.25, 0.3) is 0 Å². The Bertz CT molecular complexity index is 578. The molecule has 126 valence electrons. The molecule has 0 bridgehead atoms. The molecule has 1 aromatic carbocycles. The third kappa shape index (κ3) is 3.55.